The first-order chi connectivity index (χ1) is 8.99. The number of benzene rings is 1. The van der Waals surface area contributed by atoms with Gasteiger partial charge in [0.1, 0.15) is 18.1 Å². The van der Waals surface area contributed by atoms with Crippen LogP contribution in [0.15, 0.2) is 30.9 Å². The van der Waals surface area contributed by atoms with Crippen molar-refractivity contribution < 1.29 is 23.8 Å². The van der Waals surface area contributed by atoms with Gasteiger partial charge in [0, 0.05) is 12.6 Å². The monoisotopic (exact) mass is 267 g/mol. The minimum Gasteiger partial charge on any atom is -0.497 e. The smallest absolute Gasteiger partial charge is 0.323 e. The third kappa shape index (κ3) is 3.80. The minimum absolute atomic E-state index is 0.0244. The molecule has 19 heavy (non-hydrogen) atoms. The number of hydrogen-bond donors (Lipinski definition) is 1. The van der Waals surface area contributed by atoms with E-state index in [1.54, 1.807) is 0 Å². The van der Waals surface area contributed by atoms with Crippen molar-refractivity contribution in [3.63, 3.8) is 0 Å². The summed E-state index contributed by atoms with van der Waals surface area (Å²) in [4.78, 5) is 23.7. The van der Waals surface area contributed by atoms with E-state index in [0.29, 0.717) is 0 Å². The molecule has 5 nitrogen and oxygen atoms in total. The Kier molecular flexibility index (Phi) is 5.05. The summed E-state index contributed by atoms with van der Waals surface area (Å²) >= 11 is 0. The molecule has 0 unspecified atom stereocenters. The molecule has 1 N–H and O–H groups in total. The molecule has 1 aromatic rings. The Labute approximate surface area is 109 Å². The molecular weight excluding hydrogens is 253 g/mol. The summed E-state index contributed by atoms with van der Waals surface area (Å²) < 4.78 is 18.6. The molecule has 0 atom stereocenters. The van der Waals surface area contributed by atoms with Gasteiger partial charge in [-0.25, -0.2) is 4.39 Å². The number of carbonyl (C=O) groups is 2. The first-order valence-corrected chi connectivity index (χ1v) is 5.45. The third-order valence-electron chi connectivity index (χ3n) is 2.37. The van der Waals surface area contributed by atoms with Crippen LogP contribution in [0.4, 0.5) is 4.39 Å². The summed E-state index contributed by atoms with van der Waals surface area (Å²) in [6.45, 7) is 2.94. The Bertz CT molecular complexity index is 501. The van der Waals surface area contributed by atoms with E-state index < -0.39 is 24.2 Å². The first-order valence-electron chi connectivity index (χ1n) is 5.45. The molecule has 0 aliphatic heterocycles. The predicted molar refractivity (Wildman–Crippen MR) is 66.7 cm³/mol. The number of carboxylic acids is 1. The van der Waals surface area contributed by atoms with Gasteiger partial charge in [0.15, 0.2) is 0 Å². The number of ether oxygens (including phenoxy) is 1. The summed E-state index contributed by atoms with van der Waals surface area (Å²) in [5.74, 6) is -2.36. The standard InChI is InChI=1S/C13H14FNO4/c1-3-6-15(8-12(16)17)13(18)10-5-4-9(19-2)7-11(10)14/h3-5,7H,1,6,8H2,2H3,(H,16,17). The van der Waals surface area contributed by atoms with Crippen LogP contribution in [0.1, 0.15) is 10.4 Å². The van der Waals surface area contributed by atoms with Crippen LogP contribution in [0.2, 0.25) is 0 Å². The third-order valence-corrected chi connectivity index (χ3v) is 2.37. The lowest BCUT2D eigenvalue weighted by Crippen LogP contribution is -2.36. The highest BCUT2D eigenvalue weighted by Crippen LogP contribution is 2.17. The van der Waals surface area contributed by atoms with Crippen molar-refractivity contribution in [1.82, 2.24) is 4.90 Å². The van der Waals surface area contributed by atoms with Crippen molar-refractivity contribution in [3.05, 3.63) is 42.2 Å². The normalized spacial score (nSPS) is 9.79. The van der Waals surface area contributed by atoms with Crippen LogP contribution >= 0.6 is 0 Å². The fraction of sp³-hybridized carbons (Fsp3) is 0.231. The second-order valence-electron chi connectivity index (χ2n) is 3.71. The van der Waals surface area contributed by atoms with Gasteiger partial charge in [-0.05, 0) is 12.1 Å². The van der Waals surface area contributed by atoms with Crippen molar-refractivity contribution in [3.8, 4) is 5.75 Å². The van der Waals surface area contributed by atoms with Gasteiger partial charge < -0.3 is 14.7 Å². The Balaban J connectivity index is 3.01. The fourth-order valence-electron chi connectivity index (χ4n) is 1.50. The van der Waals surface area contributed by atoms with Gasteiger partial charge in [0.25, 0.3) is 5.91 Å². The Morgan fingerprint density at radius 1 is 1.53 bits per heavy atom. The van der Waals surface area contributed by atoms with Crippen LogP contribution in [-0.2, 0) is 4.79 Å². The van der Waals surface area contributed by atoms with Gasteiger partial charge in [-0.1, -0.05) is 6.08 Å². The van der Waals surface area contributed by atoms with E-state index in [1.807, 2.05) is 0 Å². The van der Waals surface area contributed by atoms with E-state index in [-0.39, 0.29) is 17.9 Å². The maximum absolute atomic E-state index is 13.7. The zero-order valence-electron chi connectivity index (χ0n) is 10.4. The van der Waals surface area contributed by atoms with E-state index in [4.69, 9.17) is 9.84 Å². The van der Waals surface area contributed by atoms with Crippen LogP contribution in [0, 0.1) is 5.82 Å². The fourth-order valence-corrected chi connectivity index (χ4v) is 1.50. The average molecular weight is 267 g/mol. The summed E-state index contributed by atoms with van der Waals surface area (Å²) in [7, 11) is 1.38. The number of carbonyl (C=O) groups excluding carboxylic acids is 1. The topological polar surface area (TPSA) is 66.8 Å². The van der Waals surface area contributed by atoms with E-state index in [9.17, 15) is 14.0 Å². The molecule has 102 valence electrons. The van der Waals surface area contributed by atoms with Crippen molar-refractivity contribution in [2.45, 2.75) is 0 Å². The summed E-state index contributed by atoms with van der Waals surface area (Å²) in [5, 5.41) is 8.72. The molecule has 0 saturated heterocycles. The SMILES string of the molecule is C=CCN(CC(=O)O)C(=O)c1ccc(OC)cc1F. The molecule has 0 saturated carbocycles. The minimum atomic E-state index is -1.18. The second kappa shape index (κ2) is 6.53. The van der Waals surface area contributed by atoms with Gasteiger partial charge >= 0.3 is 5.97 Å². The maximum atomic E-state index is 13.7. The van der Waals surface area contributed by atoms with Gasteiger partial charge in [-0.15, -0.1) is 6.58 Å². The number of amides is 1. The quantitative estimate of drug-likeness (QED) is 0.794. The van der Waals surface area contributed by atoms with E-state index in [0.717, 1.165) is 11.0 Å². The molecule has 0 aromatic heterocycles. The predicted octanol–water partition coefficient (Wildman–Crippen LogP) is 1.55. The lowest BCUT2D eigenvalue weighted by molar-refractivity contribution is -0.137. The number of carboxylic acid groups (broad SMARTS) is 1. The molecule has 0 bridgehead atoms. The average Bonchev–Trinajstić information content (AvgIpc) is 2.36. The van der Waals surface area contributed by atoms with Crippen LogP contribution in [0.3, 0.4) is 0 Å². The highest BCUT2D eigenvalue weighted by molar-refractivity contribution is 5.96. The summed E-state index contributed by atoms with van der Waals surface area (Å²) in [6, 6.07) is 3.76. The Hall–Kier alpha value is -2.37. The van der Waals surface area contributed by atoms with E-state index >= 15 is 0 Å². The molecule has 0 spiro atoms. The van der Waals surface area contributed by atoms with Crippen molar-refractivity contribution in [2.24, 2.45) is 0 Å². The zero-order valence-corrected chi connectivity index (χ0v) is 10.4. The lowest BCUT2D eigenvalue weighted by Gasteiger charge is -2.19. The van der Waals surface area contributed by atoms with Gasteiger partial charge in [-0.3, -0.25) is 9.59 Å². The van der Waals surface area contributed by atoms with Crippen LogP contribution in [0.5, 0.6) is 5.75 Å². The van der Waals surface area contributed by atoms with Gasteiger partial charge in [0.05, 0.1) is 12.7 Å². The molecule has 6 heteroatoms. The number of halogens is 1. The lowest BCUT2D eigenvalue weighted by atomic mass is 10.1. The number of aliphatic carboxylic acids is 1. The molecular formula is C13H14FNO4. The second-order valence-corrected chi connectivity index (χ2v) is 3.71. The van der Waals surface area contributed by atoms with Crippen LogP contribution in [-0.4, -0.2) is 42.1 Å². The number of rotatable bonds is 6. The zero-order chi connectivity index (χ0) is 14.4. The molecule has 1 aromatic carbocycles. The first kappa shape index (κ1) is 14.7. The summed E-state index contributed by atoms with van der Waals surface area (Å²) in [6.07, 6.45) is 1.38. The molecule has 0 aliphatic rings. The maximum Gasteiger partial charge on any atom is 0.323 e. The summed E-state index contributed by atoms with van der Waals surface area (Å²) in [5.41, 5.74) is -0.205. The molecule has 0 radical (unpaired) electrons. The Morgan fingerprint density at radius 2 is 2.21 bits per heavy atom. The van der Waals surface area contributed by atoms with Crippen molar-refractivity contribution in [2.75, 3.05) is 20.2 Å². The van der Waals surface area contributed by atoms with Crippen molar-refractivity contribution in [1.29, 1.82) is 0 Å². The van der Waals surface area contributed by atoms with E-state index in [2.05, 4.69) is 6.58 Å². The van der Waals surface area contributed by atoms with Crippen LogP contribution < -0.4 is 4.74 Å². The Morgan fingerprint density at radius 3 is 2.68 bits per heavy atom. The van der Waals surface area contributed by atoms with Crippen LogP contribution in [0.25, 0.3) is 0 Å². The highest BCUT2D eigenvalue weighted by Gasteiger charge is 2.20. The van der Waals surface area contributed by atoms with E-state index in [1.165, 1.54) is 25.3 Å². The molecule has 1 rings (SSSR count). The molecule has 0 fully saturated rings. The van der Waals surface area contributed by atoms with Gasteiger partial charge in [0.2, 0.25) is 0 Å². The number of nitrogens with zero attached hydrogens (tertiary/aromatic N) is 1. The van der Waals surface area contributed by atoms with Gasteiger partial charge in [-0.2, -0.15) is 0 Å². The highest BCUT2D eigenvalue weighted by atomic mass is 19.1. The van der Waals surface area contributed by atoms with Crippen molar-refractivity contribution >= 4 is 11.9 Å². The molecule has 1 amide bonds. The molecule has 0 aliphatic carbocycles. The number of methoxy groups -OCH3 is 1. The molecule has 0 heterocycles. The largest absolute Gasteiger partial charge is 0.497 e. The number of hydrogen-bond acceptors (Lipinski definition) is 3.